The lowest BCUT2D eigenvalue weighted by Crippen LogP contribution is -2.51. The van der Waals surface area contributed by atoms with Gasteiger partial charge in [0.2, 0.25) is 0 Å². The van der Waals surface area contributed by atoms with Crippen LogP contribution in [0.15, 0.2) is 18.2 Å². The molecule has 0 saturated carbocycles. The Hall–Kier alpha value is -2.08. The fourth-order valence-corrected chi connectivity index (χ4v) is 4.96. The molecule has 0 radical (unpaired) electrons. The summed E-state index contributed by atoms with van der Waals surface area (Å²) in [6.45, 7) is 14.3. The van der Waals surface area contributed by atoms with E-state index in [1.54, 1.807) is 7.11 Å². The Morgan fingerprint density at radius 1 is 1.27 bits per heavy atom. The first-order valence-electron chi connectivity index (χ1n) is 10.7. The van der Waals surface area contributed by atoms with Gasteiger partial charge in [-0.05, 0) is 53.2 Å². The fourth-order valence-electron chi connectivity index (χ4n) is 4.96. The Kier molecular flexibility index (Phi) is 7.23. The highest BCUT2D eigenvalue weighted by Crippen LogP contribution is 2.51. The van der Waals surface area contributed by atoms with Crippen LogP contribution in [0.2, 0.25) is 0 Å². The molecular weight excluding hydrogens is 382 g/mol. The molecule has 0 fully saturated rings. The van der Waals surface area contributed by atoms with Gasteiger partial charge in [-0.15, -0.1) is 0 Å². The number of aldehydes is 1. The summed E-state index contributed by atoms with van der Waals surface area (Å²) in [6.07, 6.45) is 1.13. The molecule has 6 nitrogen and oxygen atoms in total. The quantitative estimate of drug-likeness (QED) is 0.556. The summed E-state index contributed by atoms with van der Waals surface area (Å²) in [4.78, 5) is 25.6. The molecule has 1 N–H and O–H groups in total. The highest BCUT2D eigenvalue weighted by atomic mass is 16.5. The molecule has 0 aliphatic carbocycles. The van der Waals surface area contributed by atoms with Crippen LogP contribution < -0.4 is 9.64 Å². The van der Waals surface area contributed by atoms with Crippen molar-refractivity contribution in [2.24, 2.45) is 5.92 Å². The van der Waals surface area contributed by atoms with Gasteiger partial charge >= 0.3 is 5.97 Å². The molecule has 1 aromatic carbocycles. The van der Waals surface area contributed by atoms with Crippen molar-refractivity contribution >= 4 is 17.9 Å². The maximum Gasteiger partial charge on any atom is 0.345 e. The lowest BCUT2D eigenvalue weighted by atomic mass is 9.86. The van der Waals surface area contributed by atoms with E-state index in [2.05, 4.69) is 39.5 Å². The van der Waals surface area contributed by atoms with Crippen molar-refractivity contribution in [3.63, 3.8) is 0 Å². The second-order valence-corrected chi connectivity index (χ2v) is 9.88. The maximum absolute atomic E-state index is 11.7. The number of carbonyl (C=O) groups is 2. The van der Waals surface area contributed by atoms with E-state index in [4.69, 9.17) is 9.47 Å². The van der Waals surface area contributed by atoms with Crippen LogP contribution in [0.5, 0.6) is 5.75 Å². The first kappa shape index (κ1) is 24.2. The van der Waals surface area contributed by atoms with Gasteiger partial charge in [0, 0.05) is 48.2 Å². The van der Waals surface area contributed by atoms with E-state index in [9.17, 15) is 14.7 Å². The summed E-state index contributed by atoms with van der Waals surface area (Å²) < 4.78 is 11.7. The van der Waals surface area contributed by atoms with E-state index < -0.39 is 12.1 Å². The highest BCUT2D eigenvalue weighted by Gasteiger charge is 2.46. The highest BCUT2D eigenvalue weighted by molar-refractivity contribution is 5.74. The molecule has 0 saturated heterocycles. The summed E-state index contributed by atoms with van der Waals surface area (Å²) in [5, 5.41) is 9.61. The van der Waals surface area contributed by atoms with E-state index in [1.807, 2.05) is 32.0 Å². The molecule has 3 atom stereocenters. The molecule has 6 heteroatoms. The van der Waals surface area contributed by atoms with E-state index in [0.29, 0.717) is 12.2 Å². The molecule has 1 aliphatic rings. The Bertz CT molecular complexity index is 771. The fraction of sp³-hybridized carbons (Fsp3) is 0.667. The topological polar surface area (TPSA) is 76.1 Å². The second kappa shape index (κ2) is 8.96. The predicted octanol–water partition coefficient (Wildman–Crippen LogP) is 4.65. The molecule has 1 heterocycles. The third-order valence-corrected chi connectivity index (χ3v) is 6.18. The summed E-state index contributed by atoms with van der Waals surface area (Å²) >= 11 is 0. The smallest absolute Gasteiger partial charge is 0.345 e. The third kappa shape index (κ3) is 4.80. The molecule has 0 spiro atoms. The summed E-state index contributed by atoms with van der Waals surface area (Å²) in [5.41, 5.74) is 1.35. The standard InChI is InChI=1S/C24H37NO5/c1-15(2)21(22(27)28)30-19-11-9-10-18-20(19)17(12-13-26)16(3)25(18)23(4,5)14-24(6,7)29-8/h9-11,13,15-17,21H,12,14H2,1-8H3,(H,27,28). The van der Waals surface area contributed by atoms with Crippen LogP contribution in [-0.2, 0) is 14.3 Å². The van der Waals surface area contributed by atoms with E-state index in [0.717, 1.165) is 24.0 Å². The zero-order valence-electron chi connectivity index (χ0n) is 19.6. The maximum atomic E-state index is 11.7. The summed E-state index contributed by atoms with van der Waals surface area (Å²) in [7, 11) is 1.72. The number of carbonyl (C=O) groups excluding carboxylic acids is 1. The molecule has 168 valence electrons. The third-order valence-electron chi connectivity index (χ3n) is 6.18. The molecule has 0 aromatic heterocycles. The number of rotatable bonds is 10. The zero-order valence-corrected chi connectivity index (χ0v) is 19.6. The van der Waals surface area contributed by atoms with Crippen molar-refractivity contribution in [1.82, 2.24) is 0 Å². The number of aliphatic carboxylic acids is 1. The first-order valence-corrected chi connectivity index (χ1v) is 10.7. The number of nitrogens with zero attached hydrogens (tertiary/aromatic N) is 1. The Labute approximate surface area is 180 Å². The number of carboxylic acids is 1. The minimum Gasteiger partial charge on any atom is -0.478 e. The molecular formula is C24H37NO5. The zero-order chi connectivity index (χ0) is 22.9. The molecule has 0 amide bonds. The second-order valence-electron chi connectivity index (χ2n) is 9.88. The predicted molar refractivity (Wildman–Crippen MR) is 118 cm³/mol. The van der Waals surface area contributed by atoms with Crippen molar-refractivity contribution in [3.05, 3.63) is 23.8 Å². The van der Waals surface area contributed by atoms with Gasteiger partial charge < -0.3 is 24.3 Å². The van der Waals surface area contributed by atoms with Crippen molar-refractivity contribution < 1.29 is 24.2 Å². The molecule has 2 rings (SSSR count). The van der Waals surface area contributed by atoms with Gasteiger partial charge in [0.25, 0.3) is 0 Å². The average molecular weight is 420 g/mol. The largest absolute Gasteiger partial charge is 0.478 e. The Morgan fingerprint density at radius 2 is 1.90 bits per heavy atom. The molecule has 3 unspecified atom stereocenters. The number of hydrogen-bond acceptors (Lipinski definition) is 5. The van der Waals surface area contributed by atoms with Crippen LogP contribution in [0.25, 0.3) is 0 Å². The summed E-state index contributed by atoms with van der Waals surface area (Å²) in [6, 6.07) is 5.81. The molecule has 1 aliphatic heterocycles. The number of fused-ring (bicyclic) bond motifs is 1. The van der Waals surface area contributed by atoms with Crippen LogP contribution >= 0.6 is 0 Å². The van der Waals surface area contributed by atoms with Crippen LogP contribution in [-0.4, -0.2) is 47.8 Å². The van der Waals surface area contributed by atoms with E-state index in [1.165, 1.54) is 0 Å². The number of benzene rings is 1. The Morgan fingerprint density at radius 3 is 2.40 bits per heavy atom. The van der Waals surface area contributed by atoms with Crippen LogP contribution in [0.3, 0.4) is 0 Å². The van der Waals surface area contributed by atoms with Gasteiger partial charge in [-0.3, -0.25) is 0 Å². The summed E-state index contributed by atoms with van der Waals surface area (Å²) in [5.74, 6) is -0.687. The Balaban J connectivity index is 2.56. The van der Waals surface area contributed by atoms with E-state index >= 15 is 0 Å². The van der Waals surface area contributed by atoms with Crippen molar-refractivity contribution in [1.29, 1.82) is 0 Å². The normalized spacial score (nSPS) is 20.2. The molecule has 1 aromatic rings. The van der Waals surface area contributed by atoms with Gasteiger partial charge in [-0.2, -0.15) is 0 Å². The number of carboxylic acid groups (broad SMARTS) is 1. The average Bonchev–Trinajstić information content (AvgIpc) is 2.91. The van der Waals surface area contributed by atoms with Gasteiger partial charge in [-0.1, -0.05) is 19.9 Å². The van der Waals surface area contributed by atoms with Gasteiger partial charge in [0.1, 0.15) is 12.0 Å². The van der Waals surface area contributed by atoms with Crippen LogP contribution in [0, 0.1) is 5.92 Å². The number of methoxy groups -OCH3 is 1. The van der Waals surface area contributed by atoms with E-state index in [-0.39, 0.29) is 29.0 Å². The SMILES string of the molecule is COC(C)(C)CC(C)(C)N1c2cccc(OC(C(=O)O)C(C)C)c2C(CC=O)C1C. The van der Waals surface area contributed by atoms with Gasteiger partial charge in [0.05, 0.1) is 5.60 Å². The van der Waals surface area contributed by atoms with Crippen LogP contribution in [0.4, 0.5) is 5.69 Å². The van der Waals surface area contributed by atoms with Gasteiger partial charge in [-0.25, -0.2) is 4.79 Å². The molecule has 0 bridgehead atoms. The monoisotopic (exact) mass is 419 g/mol. The van der Waals surface area contributed by atoms with Crippen LogP contribution in [0.1, 0.15) is 72.8 Å². The minimum atomic E-state index is -0.986. The lowest BCUT2D eigenvalue weighted by molar-refractivity contribution is -0.147. The van der Waals surface area contributed by atoms with Crippen molar-refractivity contribution in [2.75, 3.05) is 12.0 Å². The van der Waals surface area contributed by atoms with Crippen molar-refractivity contribution in [3.8, 4) is 5.75 Å². The van der Waals surface area contributed by atoms with Crippen molar-refractivity contribution in [2.45, 2.75) is 90.5 Å². The molecule has 30 heavy (non-hydrogen) atoms. The first-order chi connectivity index (χ1) is 13.9. The lowest BCUT2D eigenvalue weighted by Gasteiger charge is -2.45. The number of anilines is 1. The number of ether oxygens (including phenoxy) is 2. The minimum absolute atomic E-state index is 0.0555. The number of hydrogen-bond donors (Lipinski definition) is 1. The van der Waals surface area contributed by atoms with Gasteiger partial charge in [0.15, 0.2) is 6.10 Å².